The summed E-state index contributed by atoms with van der Waals surface area (Å²) >= 11 is 0. The molecule has 0 aliphatic heterocycles. The molecule has 1 aliphatic rings. The predicted molar refractivity (Wildman–Crippen MR) is 61.1 cm³/mol. The van der Waals surface area contributed by atoms with Gasteiger partial charge in [-0.1, -0.05) is 23.8 Å². The van der Waals surface area contributed by atoms with E-state index in [1.807, 2.05) is 25.1 Å². The molecular formula is C13H14F3NO. The fourth-order valence-corrected chi connectivity index (χ4v) is 2.31. The molecule has 18 heavy (non-hydrogen) atoms. The van der Waals surface area contributed by atoms with Crippen molar-refractivity contribution in [3.05, 3.63) is 34.9 Å². The number of rotatable bonds is 1. The summed E-state index contributed by atoms with van der Waals surface area (Å²) in [5, 5.41) is 2.08. The van der Waals surface area contributed by atoms with Crippen LogP contribution in [-0.2, 0) is 11.2 Å². The Balaban J connectivity index is 2.22. The number of carbonyl (C=O) groups is 1. The Morgan fingerprint density at radius 3 is 2.78 bits per heavy atom. The van der Waals surface area contributed by atoms with Crippen molar-refractivity contribution in [3.8, 4) is 0 Å². The molecule has 98 valence electrons. The van der Waals surface area contributed by atoms with Gasteiger partial charge >= 0.3 is 12.1 Å². The lowest BCUT2D eigenvalue weighted by atomic mass is 9.86. The lowest BCUT2D eigenvalue weighted by Crippen LogP contribution is -2.40. The molecule has 0 aromatic heterocycles. The Hall–Kier alpha value is -1.52. The number of aryl methyl sites for hydroxylation is 2. The van der Waals surface area contributed by atoms with E-state index in [0.29, 0.717) is 6.42 Å². The van der Waals surface area contributed by atoms with E-state index in [2.05, 4.69) is 5.32 Å². The van der Waals surface area contributed by atoms with Crippen molar-refractivity contribution in [1.29, 1.82) is 0 Å². The molecule has 1 amide bonds. The maximum absolute atomic E-state index is 12.2. The average Bonchev–Trinajstić information content (AvgIpc) is 2.28. The van der Waals surface area contributed by atoms with Crippen LogP contribution in [0.1, 0.15) is 35.6 Å². The number of benzene rings is 1. The zero-order valence-electron chi connectivity index (χ0n) is 9.97. The number of amides is 1. The summed E-state index contributed by atoms with van der Waals surface area (Å²) in [5.41, 5.74) is 2.83. The number of halogens is 3. The Morgan fingerprint density at radius 1 is 1.39 bits per heavy atom. The first-order valence-corrected chi connectivity index (χ1v) is 5.85. The zero-order chi connectivity index (χ0) is 13.3. The Morgan fingerprint density at radius 2 is 2.11 bits per heavy atom. The maximum Gasteiger partial charge on any atom is 0.471 e. The van der Waals surface area contributed by atoms with Crippen LogP contribution >= 0.6 is 0 Å². The number of hydrogen-bond donors (Lipinski definition) is 1. The van der Waals surface area contributed by atoms with Gasteiger partial charge in [-0.25, -0.2) is 0 Å². The molecule has 1 aromatic rings. The molecule has 0 saturated heterocycles. The van der Waals surface area contributed by atoms with E-state index >= 15 is 0 Å². The van der Waals surface area contributed by atoms with E-state index in [4.69, 9.17) is 0 Å². The highest BCUT2D eigenvalue weighted by Crippen LogP contribution is 2.31. The molecule has 1 aromatic carbocycles. The Bertz CT molecular complexity index is 468. The van der Waals surface area contributed by atoms with E-state index in [9.17, 15) is 18.0 Å². The summed E-state index contributed by atoms with van der Waals surface area (Å²) in [5.74, 6) is -1.86. The van der Waals surface area contributed by atoms with Crippen LogP contribution in [0.25, 0.3) is 0 Å². The van der Waals surface area contributed by atoms with Crippen LogP contribution in [0.5, 0.6) is 0 Å². The summed E-state index contributed by atoms with van der Waals surface area (Å²) in [6.07, 6.45) is -2.62. The minimum absolute atomic E-state index is 0.525. The lowest BCUT2D eigenvalue weighted by Gasteiger charge is -2.27. The molecule has 0 radical (unpaired) electrons. The number of alkyl halides is 3. The highest BCUT2D eigenvalue weighted by molar-refractivity contribution is 5.82. The van der Waals surface area contributed by atoms with Crippen LogP contribution in [0.15, 0.2) is 18.2 Å². The third-order valence-electron chi connectivity index (χ3n) is 3.18. The van der Waals surface area contributed by atoms with Crippen LogP contribution in [0.4, 0.5) is 13.2 Å². The Kier molecular flexibility index (Phi) is 3.32. The molecule has 1 atom stereocenters. The third-order valence-corrected chi connectivity index (χ3v) is 3.18. The SMILES string of the molecule is Cc1ccc2c(c1)C(NC(=O)C(F)(F)F)CCC2. The van der Waals surface area contributed by atoms with Crippen molar-refractivity contribution >= 4 is 5.91 Å². The van der Waals surface area contributed by atoms with Crippen LogP contribution in [0.2, 0.25) is 0 Å². The maximum atomic E-state index is 12.2. The fraction of sp³-hybridized carbons (Fsp3) is 0.462. The van der Waals surface area contributed by atoms with Gasteiger partial charge in [-0.3, -0.25) is 4.79 Å². The van der Waals surface area contributed by atoms with E-state index in [1.165, 1.54) is 0 Å². The first kappa shape index (κ1) is 12.9. The molecule has 0 heterocycles. The fourth-order valence-electron chi connectivity index (χ4n) is 2.31. The van der Waals surface area contributed by atoms with Gasteiger partial charge in [-0.05, 0) is 37.3 Å². The van der Waals surface area contributed by atoms with E-state index in [0.717, 1.165) is 29.5 Å². The smallest absolute Gasteiger partial charge is 0.341 e. The number of nitrogens with one attached hydrogen (secondary N) is 1. The quantitative estimate of drug-likeness (QED) is 0.823. The van der Waals surface area contributed by atoms with Gasteiger partial charge in [-0.15, -0.1) is 0 Å². The minimum Gasteiger partial charge on any atom is -0.341 e. The van der Waals surface area contributed by atoms with Gasteiger partial charge < -0.3 is 5.32 Å². The van der Waals surface area contributed by atoms with Crippen molar-refractivity contribution in [2.24, 2.45) is 0 Å². The summed E-state index contributed by atoms with van der Waals surface area (Å²) in [4.78, 5) is 11.0. The molecule has 2 rings (SSSR count). The highest BCUT2D eigenvalue weighted by atomic mass is 19.4. The molecule has 0 bridgehead atoms. The second-order valence-electron chi connectivity index (χ2n) is 4.62. The van der Waals surface area contributed by atoms with E-state index in [-0.39, 0.29) is 0 Å². The van der Waals surface area contributed by atoms with Gasteiger partial charge in [0.15, 0.2) is 0 Å². The van der Waals surface area contributed by atoms with Crippen LogP contribution in [-0.4, -0.2) is 12.1 Å². The number of carbonyl (C=O) groups excluding carboxylic acids is 1. The molecular weight excluding hydrogens is 243 g/mol. The van der Waals surface area contributed by atoms with Gasteiger partial charge in [-0.2, -0.15) is 13.2 Å². The molecule has 1 unspecified atom stereocenters. The molecule has 1 N–H and O–H groups in total. The first-order chi connectivity index (χ1) is 8.38. The summed E-state index contributed by atoms with van der Waals surface area (Å²) in [6.45, 7) is 1.89. The third kappa shape index (κ3) is 2.66. The minimum atomic E-state index is -4.82. The zero-order valence-corrected chi connectivity index (χ0v) is 9.97. The van der Waals surface area contributed by atoms with Crippen molar-refractivity contribution in [3.63, 3.8) is 0 Å². The second kappa shape index (κ2) is 4.63. The number of fused-ring (bicyclic) bond motifs is 1. The first-order valence-electron chi connectivity index (χ1n) is 5.85. The largest absolute Gasteiger partial charge is 0.471 e. The Labute approximate surface area is 103 Å². The van der Waals surface area contributed by atoms with Gasteiger partial charge in [0, 0.05) is 0 Å². The van der Waals surface area contributed by atoms with Crippen LogP contribution in [0, 0.1) is 6.92 Å². The lowest BCUT2D eigenvalue weighted by molar-refractivity contribution is -0.174. The van der Waals surface area contributed by atoms with E-state index in [1.54, 1.807) is 0 Å². The highest BCUT2D eigenvalue weighted by Gasteiger charge is 2.40. The second-order valence-corrected chi connectivity index (χ2v) is 4.62. The van der Waals surface area contributed by atoms with Crippen molar-refractivity contribution in [1.82, 2.24) is 5.32 Å². The van der Waals surface area contributed by atoms with Gasteiger partial charge in [0.1, 0.15) is 0 Å². The summed E-state index contributed by atoms with van der Waals surface area (Å²) in [6, 6.07) is 5.20. The standard InChI is InChI=1S/C13H14F3NO/c1-8-5-6-9-3-2-4-11(10(9)7-8)17-12(18)13(14,15)16/h5-7,11H,2-4H2,1H3,(H,17,18). The van der Waals surface area contributed by atoms with Crippen molar-refractivity contribution < 1.29 is 18.0 Å². The molecule has 0 spiro atoms. The van der Waals surface area contributed by atoms with Crippen molar-refractivity contribution in [2.45, 2.75) is 38.4 Å². The summed E-state index contributed by atoms with van der Waals surface area (Å²) < 4.78 is 36.7. The normalized spacial score (nSPS) is 19.2. The van der Waals surface area contributed by atoms with E-state index < -0.39 is 18.1 Å². The molecule has 2 nitrogen and oxygen atoms in total. The predicted octanol–water partition coefficient (Wildman–Crippen LogP) is 3.05. The monoisotopic (exact) mass is 257 g/mol. The molecule has 0 fully saturated rings. The molecule has 5 heteroatoms. The van der Waals surface area contributed by atoms with Crippen LogP contribution in [0.3, 0.4) is 0 Å². The number of hydrogen-bond acceptors (Lipinski definition) is 1. The molecule has 1 aliphatic carbocycles. The molecule has 0 saturated carbocycles. The van der Waals surface area contributed by atoms with Crippen LogP contribution < -0.4 is 5.32 Å². The average molecular weight is 257 g/mol. The summed E-state index contributed by atoms with van der Waals surface area (Å²) in [7, 11) is 0. The van der Waals surface area contributed by atoms with Gasteiger partial charge in [0.2, 0.25) is 0 Å². The van der Waals surface area contributed by atoms with Gasteiger partial charge in [0.25, 0.3) is 0 Å². The topological polar surface area (TPSA) is 29.1 Å². The van der Waals surface area contributed by atoms with Crippen molar-refractivity contribution in [2.75, 3.05) is 0 Å². The van der Waals surface area contributed by atoms with Gasteiger partial charge in [0.05, 0.1) is 6.04 Å².